The van der Waals surface area contributed by atoms with E-state index < -0.39 is 23.7 Å². The molecule has 25 heavy (non-hydrogen) atoms. The summed E-state index contributed by atoms with van der Waals surface area (Å²) in [6.07, 6.45) is 1.17. The Labute approximate surface area is 152 Å². The van der Waals surface area contributed by atoms with Crippen molar-refractivity contribution in [1.82, 2.24) is 5.32 Å². The molecule has 0 saturated heterocycles. The van der Waals surface area contributed by atoms with Gasteiger partial charge in [-0.2, -0.15) is 0 Å². The Morgan fingerprint density at radius 3 is 2.52 bits per heavy atom. The Morgan fingerprint density at radius 1 is 1.36 bits per heavy atom. The van der Waals surface area contributed by atoms with Gasteiger partial charge in [0.25, 0.3) is 0 Å². The number of amides is 1. The van der Waals surface area contributed by atoms with Crippen molar-refractivity contribution in [2.75, 3.05) is 0 Å². The zero-order chi connectivity index (χ0) is 18.8. The predicted octanol–water partition coefficient (Wildman–Crippen LogP) is 3.79. The summed E-state index contributed by atoms with van der Waals surface area (Å²) < 4.78 is 11.1. The van der Waals surface area contributed by atoms with Crippen LogP contribution >= 0.6 is 11.6 Å². The Kier molecular flexibility index (Phi) is 5.52. The van der Waals surface area contributed by atoms with E-state index in [1.165, 1.54) is 0 Å². The first-order valence-corrected chi connectivity index (χ1v) is 8.55. The van der Waals surface area contributed by atoms with Crippen molar-refractivity contribution in [3.05, 3.63) is 28.8 Å². The van der Waals surface area contributed by atoms with Crippen molar-refractivity contribution < 1.29 is 24.2 Å². The zero-order valence-electron chi connectivity index (χ0n) is 14.9. The lowest BCUT2D eigenvalue weighted by molar-refractivity contribution is -0.139. The van der Waals surface area contributed by atoms with Gasteiger partial charge in [0, 0.05) is 11.4 Å². The third-order valence-electron chi connectivity index (χ3n) is 3.75. The molecule has 0 unspecified atom stereocenters. The highest BCUT2D eigenvalue weighted by Crippen LogP contribution is 2.41. The summed E-state index contributed by atoms with van der Waals surface area (Å²) in [6.45, 7) is 7.13. The fourth-order valence-electron chi connectivity index (χ4n) is 2.22. The number of carboxylic acids is 1. The number of alkyl carbamates (subject to hydrolysis) is 1. The Morgan fingerprint density at radius 2 is 2.00 bits per heavy atom. The van der Waals surface area contributed by atoms with Crippen molar-refractivity contribution in [2.24, 2.45) is 0 Å². The van der Waals surface area contributed by atoms with Gasteiger partial charge < -0.3 is 19.9 Å². The lowest BCUT2D eigenvalue weighted by Gasteiger charge is -2.23. The fourth-order valence-corrected chi connectivity index (χ4v) is 2.42. The van der Waals surface area contributed by atoms with Crippen molar-refractivity contribution in [3.63, 3.8) is 0 Å². The largest absolute Gasteiger partial charge is 0.487 e. The van der Waals surface area contributed by atoms with Crippen LogP contribution in [-0.4, -0.2) is 34.4 Å². The molecule has 6 nitrogen and oxygen atoms in total. The van der Waals surface area contributed by atoms with Gasteiger partial charge in [-0.05, 0) is 64.3 Å². The number of halogens is 1. The molecule has 2 rings (SSSR count). The Balaban J connectivity index is 2.14. The molecule has 1 aliphatic rings. The molecule has 1 aromatic rings. The molecule has 0 aromatic heterocycles. The minimum absolute atomic E-state index is 0.0422. The normalized spacial score (nSPS) is 16.7. The molecule has 0 aliphatic heterocycles. The second-order valence-corrected chi connectivity index (χ2v) is 7.98. The smallest absolute Gasteiger partial charge is 0.408 e. The van der Waals surface area contributed by atoms with Crippen LogP contribution in [0.15, 0.2) is 18.2 Å². The van der Waals surface area contributed by atoms with Crippen LogP contribution in [0.5, 0.6) is 5.75 Å². The first-order valence-electron chi connectivity index (χ1n) is 8.17. The van der Waals surface area contributed by atoms with Gasteiger partial charge in [-0.1, -0.05) is 11.6 Å². The van der Waals surface area contributed by atoms with Crippen LogP contribution in [0.1, 0.15) is 46.1 Å². The first kappa shape index (κ1) is 19.4. The average molecular weight is 370 g/mol. The molecule has 1 aliphatic carbocycles. The lowest BCUT2D eigenvalue weighted by atomic mass is 10.0. The lowest BCUT2D eigenvalue weighted by Crippen LogP contribution is -2.44. The minimum Gasteiger partial charge on any atom is -0.487 e. The Hall–Kier alpha value is -1.95. The second kappa shape index (κ2) is 7.12. The summed E-state index contributed by atoms with van der Waals surface area (Å²) in [5.41, 5.74) is -0.290. The van der Waals surface area contributed by atoms with Crippen LogP contribution in [0.2, 0.25) is 5.02 Å². The number of carbonyl (C=O) groups excluding carboxylic acids is 1. The molecule has 138 valence electrons. The molecule has 0 radical (unpaired) electrons. The maximum Gasteiger partial charge on any atom is 0.408 e. The van der Waals surface area contributed by atoms with Gasteiger partial charge in [0.1, 0.15) is 23.0 Å². The van der Waals surface area contributed by atoms with Crippen LogP contribution in [0.3, 0.4) is 0 Å². The van der Waals surface area contributed by atoms with E-state index in [9.17, 15) is 14.7 Å². The summed E-state index contributed by atoms with van der Waals surface area (Å²) in [6, 6.07) is 3.94. The highest BCUT2D eigenvalue weighted by Gasteiger charge is 2.40. The molecule has 7 heteroatoms. The van der Waals surface area contributed by atoms with Crippen molar-refractivity contribution >= 4 is 23.7 Å². The van der Waals surface area contributed by atoms with E-state index in [0.29, 0.717) is 16.3 Å². The molecule has 0 bridgehead atoms. The van der Waals surface area contributed by atoms with E-state index in [-0.39, 0.29) is 12.0 Å². The van der Waals surface area contributed by atoms with Gasteiger partial charge in [-0.3, -0.25) is 0 Å². The number of nitrogens with one attached hydrogen (secondary N) is 1. The third-order valence-corrected chi connectivity index (χ3v) is 3.98. The molecule has 1 saturated carbocycles. The van der Waals surface area contributed by atoms with Gasteiger partial charge in [0.2, 0.25) is 0 Å². The quantitative estimate of drug-likeness (QED) is 0.796. The van der Waals surface area contributed by atoms with E-state index >= 15 is 0 Å². The number of ether oxygens (including phenoxy) is 2. The summed E-state index contributed by atoms with van der Waals surface area (Å²) in [5.74, 6) is -0.573. The zero-order valence-corrected chi connectivity index (χ0v) is 15.6. The molecule has 1 amide bonds. The Bertz CT molecular complexity index is 664. The molecule has 1 aromatic carbocycles. The van der Waals surface area contributed by atoms with E-state index in [4.69, 9.17) is 21.1 Å². The molecular formula is C18H24ClNO5. The summed E-state index contributed by atoms with van der Waals surface area (Å²) in [5, 5.41) is 12.3. The molecule has 0 spiro atoms. The number of carboxylic acid groups (broad SMARTS) is 1. The number of hydrogen-bond acceptors (Lipinski definition) is 4. The number of carbonyl (C=O) groups is 2. The number of aliphatic carboxylic acids is 1. The third kappa shape index (κ3) is 6.12. The van der Waals surface area contributed by atoms with E-state index in [1.54, 1.807) is 39.0 Å². The average Bonchev–Trinajstić information content (AvgIpc) is 3.16. The molecule has 2 N–H and O–H groups in total. The first-order chi connectivity index (χ1) is 11.5. The molecule has 1 fully saturated rings. The monoisotopic (exact) mass is 369 g/mol. The van der Waals surface area contributed by atoms with E-state index in [2.05, 4.69) is 5.32 Å². The summed E-state index contributed by atoms with van der Waals surface area (Å²) in [4.78, 5) is 23.5. The van der Waals surface area contributed by atoms with Crippen LogP contribution in [0.4, 0.5) is 4.79 Å². The predicted molar refractivity (Wildman–Crippen MR) is 94.2 cm³/mol. The molecule has 1 atom stereocenters. The molecule has 0 heterocycles. The van der Waals surface area contributed by atoms with Crippen LogP contribution in [-0.2, 0) is 16.0 Å². The van der Waals surface area contributed by atoms with Crippen molar-refractivity contribution in [2.45, 2.75) is 64.2 Å². The maximum atomic E-state index is 11.9. The van der Waals surface area contributed by atoms with Crippen LogP contribution in [0, 0.1) is 0 Å². The van der Waals surface area contributed by atoms with Crippen molar-refractivity contribution in [3.8, 4) is 5.75 Å². The van der Waals surface area contributed by atoms with Gasteiger partial charge in [-0.15, -0.1) is 0 Å². The van der Waals surface area contributed by atoms with E-state index in [1.807, 2.05) is 6.92 Å². The minimum atomic E-state index is -1.16. The second-order valence-electron chi connectivity index (χ2n) is 7.55. The standard InChI is InChI=1S/C18H24ClNO5/c1-17(2,3)25-16(23)20-13(15(21)22)10-11-9-12(19)5-6-14(11)24-18(4)7-8-18/h5-6,9,13H,7-8,10H2,1-4H3,(H,20,23)(H,21,22)/t13-/m0/s1. The van der Waals surface area contributed by atoms with Gasteiger partial charge >= 0.3 is 12.1 Å². The molecular weight excluding hydrogens is 346 g/mol. The van der Waals surface area contributed by atoms with E-state index in [0.717, 1.165) is 12.8 Å². The summed E-state index contributed by atoms with van der Waals surface area (Å²) >= 11 is 6.04. The fraction of sp³-hybridized carbons (Fsp3) is 0.556. The van der Waals surface area contributed by atoms with Crippen LogP contribution < -0.4 is 10.1 Å². The van der Waals surface area contributed by atoms with Gasteiger partial charge in [0.15, 0.2) is 0 Å². The van der Waals surface area contributed by atoms with Gasteiger partial charge in [0.05, 0.1) is 0 Å². The number of hydrogen-bond donors (Lipinski definition) is 2. The van der Waals surface area contributed by atoms with Crippen molar-refractivity contribution in [1.29, 1.82) is 0 Å². The van der Waals surface area contributed by atoms with Gasteiger partial charge in [-0.25, -0.2) is 9.59 Å². The number of rotatable bonds is 6. The maximum absolute atomic E-state index is 11.9. The highest BCUT2D eigenvalue weighted by atomic mass is 35.5. The highest BCUT2D eigenvalue weighted by molar-refractivity contribution is 6.30. The van der Waals surface area contributed by atoms with Crippen LogP contribution in [0.25, 0.3) is 0 Å². The SMILES string of the molecule is CC(C)(C)OC(=O)N[C@@H](Cc1cc(Cl)ccc1OC1(C)CC1)C(=O)O. The summed E-state index contributed by atoms with van der Waals surface area (Å²) in [7, 11) is 0. The topological polar surface area (TPSA) is 84.9 Å². The number of benzene rings is 1.